The predicted octanol–water partition coefficient (Wildman–Crippen LogP) is -0.308. The van der Waals surface area contributed by atoms with Gasteiger partial charge in [0.15, 0.2) is 0 Å². The van der Waals surface area contributed by atoms with Gasteiger partial charge < -0.3 is 9.64 Å². The maximum Gasteiger partial charge on any atom is 0.242 e. The van der Waals surface area contributed by atoms with Crippen LogP contribution < -0.4 is 21.1 Å². The van der Waals surface area contributed by atoms with Crippen LogP contribution in [0.2, 0.25) is 0 Å². The molecule has 8 heteroatoms. The van der Waals surface area contributed by atoms with Gasteiger partial charge in [-0.1, -0.05) is 0 Å². The second-order valence-corrected chi connectivity index (χ2v) is 6.17. The number of carbonyl (C=O) groups excluding carboxylic acids is 1. The number of amides is 1. The minimum Gasteiger partial charge on any atom is -0.477 e. The van der Waals surface area contributed by atoms with Crippen LogP contribution in [-0.4, -0.2) is 53.1 Å². The van der Waals surface area contributed by atoms with E-state index >= 15 is 0 Å². The molecule has 3 rings (SSSR count). The number of rotatable bonds is 4. The van der Waals surface area contributed by atoms with Crippen LogP contribution in [0, 0.1) is 19.8 Å². The third-order valence-corrected chi connectivity index (χ3v) is 4.61. The highest BCUT2D eigenvalue weighted by Crippen LogP contribution is 2.21. The van der Waals surface area contributed by atoms with Crippen molar-refractivity contribution in [3.8, 4) is 5.88 Å². The third-order valence-electron chi connectivity index (χ3n) is 4.61. The predicted molar refractivity (Wildman–Crippen MR) is 84.4 cm³/mol. The lowest BCUT2D eigenvalue weighted by Gasteiger charge is -2.33. The van der Waals surface area contributed by atoms with E-state index in [-0.39, 0.29) is 11.9 Å². The summed E-state index contributed by atoms with van der Waals surface area (Å²) in [4.78, 5) is 22.6. The summed E-state index contributed by atoms with van der Waals surface area (Å²) in [5.74, 6) is 1.29. The first kappa shape index (κ1) is 16.1. The van der Waals surface area contributed by atoms with Crippen molar-refractivity contribution in [2.75, 3.05) is 26.2 Å². The minimum absolute atomic E-state index is 0.157. The Balaban J connectivity index is 1.46. The van der Waals surface area contributed by atoms with Crippen molar-refractivity contribution < 1.29 is 9.53 Å². The fourth-order valence-corrected chi connectivity index (χ4v) is 2.89. The second-order valence-electron chi connectivity index (χ2n) is 6.17. The normalized spacial score (nSPS) is 22.3. The van der Waals surface area contributed by atoms with Crippen molar-refractivity contribution in [2.45, 2.75) is 32.7 Å². The van der Waals surface area contributed by atoms with E-state index < -0.39 is 0 Å². The van der Waals surface area contributed by atoms with E-state index in [4.69, 9.17) is 4.74 Å². The summed E-state index contributed by atoms with van der Waals surface area (Å²) >= 11 is 0. The van der Waals surface area contributed by atoms with Crippen molar-refractivity contribution in [2.24, 2.45) is 5.92 Å². The molecule has 3 heterocycles. The number of aromatic nitrogens is 2. The molecular weight excluding hydrogens is 296 g/mol. The summed E-state index contributed by atoms with van der Waals surface area (Å²) in [6, 6.07) is -0.172. The van der Waals surface area contributed by atoms with Gasteiger partial charge in [-0.25, -0.2) is 20.8 Å². The SMILES string of the molecule is Cc1ncnc(OCC2CCN(C(=O)C3CNNN3)CC2)c1C. The molecule has 0 aromatic carbocycles. The van der Waals surface area contributed by atoms with Crippen LogP contribution in [0.5, 0.6) is 5.88 Å². The molecule has 0 saturated carbocycles. The Morgan fingerprint density at radius 3 is 2.83 bits per heavy atom. The number of ether oxygens (including phenoxy) is 1. The quantitative estimate of drug-likeness (QED) is 0.701. The lowest BCUT2D eigenvalue weighted by molar-refractivity contribution is -0.134. The Morgan fingerprint density at radius 1 is 1.35 bits per heavy atom. The lowest BCUT2D eigenvalue weighted by Crippen LogP contribution is -2.49. The standard InChI is InChI=1S/C15H24N6O2/c1-10-11(2)16-9-17-14(10)23-8-12-3-5-21(6-4-12)15(22)13-7-18-20-19-13/h9,12-13,18-20H,3-8H2,1-2H3. The van der Waals surface area contributed by atoms with E-state index in [0.29, 0.717) is 24.9 Å². The molecule has 1 atom stereocenters. The van der Waals surface area contributed by atoms with E-state index in [1.54, 1.807) is 0 Å². The summed E-state index contributed by atoms with van der Waals surface area (Å²) in [5, 5.41) is 0. The molecule has 3 N–H and O–H groups in total. The number of likely N-dealkylation sites (tertiary alicyclic amines) is 1. The lowest BCUT2D eigenvalue weighted by atomic mass is 9.97. The molecule has 2 fully saturated rings. The molecule has 0 radical (unpaired) electrons. The molecule has 1 amide bonds. The van der Waals surface area contributed by atoms with Gasteiger partial charge in [0.25, 0.3) is 0 Å². The molecule has 1 aromatic heterocycles. The third kappa shape index (κ3) is 3.77. The fourth-order valence-electron chi connectivity index (χ4n) is 2.89. The fraction of sp³-hybridized carbons (Fsp3) is 0.667. The molecule has 2 saturated heterocycles. The summed E-state index contributed by atoms with van der Waals surface area (Å²) in [5.41, 5.74) is 10.5. The van der Waals surface area contributed by atoms with Gasteiger partial charge in [-0.2, -0.15) is 5.53 Å². The van der Waals surface area contributed by atoms with Crippen LogP contribution in [0.25, 0.3) is 0 Å². The molecule has 126 valence electrons. The Labute approximate surface area is 135 Å². The van der Waals surface area contributed by atoms with E-state index in [2.05, 4.69) is 26.4 Å². The Morgan fingerprint density at radius 2 is 2.13 bits per heavy atom. The van der Waals surface area contributed by atoms with Crippen molar-refractivity contribution >= 4 is 5.91 Å². The molecule has 0 aliphatic carbocycles. The van der Waals surface area contributed by atoms with Gasteiger partial charge in [0.05, 0.1) is 6.61 Å². The number of nitrogens with one attached hydrogen (secondary N) is 3. The smallest absolute Gasteiger partial charge is 0.242 e. The van der Waals surface area contributed by atoms with Crippen molar-refractivity contribution in [1.82, 2.24) is 31.3 Å². The van der Waals surface area contributed by atoms with Gasteiger partial charge in [0.2, 0.25) is 11.8 Å². The molecule has 0 spiro atoms. The van der Waals surface area contributed by atoms with E-state index in [1.165, 1.54) is 6.33 Å². The maximum atomic E-state index is 12.3. The first-order valence-corrected chi connectivity index (χ1v) is 8.08. The molecular formula is C15H24N6O2. The van der Waals surface area contributed by atoms with Gasteiger partial charge in [0.1, 0.15) is 12.4 Å². The number of carbonyl (C=O) groups is 1. The van der Waals surface area contributed by atoms with Crippen LogP contribution in [0.15, 0.2) is 6.33 Å². The minimum atomic E-state index is -0.172. The topological polar surface area (TPSA) is 91.4 Å². The highest BCUT2D eigenvalue weighted by atomic mass is 16.5. The van der Waals surface area contributed by atoms with E-state index in [9.17, 15) is 4.79 Å². The summed E-state index contributed by atoms with van der Waals surface area (Å²) in [6.07, 6.45) is 3.46. The first-order valence-electron chi connectivity index (χ1n) is 8.08. The van der Waals surface area contributed by atoms with Crippen LogP contribution in [0.3, 0.4) is 0 Å². The van der Waals surface area contributed by atoms with Crippen molar-refractivity contribution in [1.29, 1.82) is 0 Å². The summed E-state index contributed by atoms with van der Waals surface area (Å²) < 4.78 is 5.87. The summed E-state index contributed by atoms with van der Waals surface area (Å²) in [7, 11) is 0. The van der Waals surface area contributed by atoms with Crippen molar-refractivity contribution in [3.63, 3.8) is 0 Å². The molecule has 1 aromatic rings. The molecule has 8 nitrogen and oxygen atoms in total. The van der Waals surface area contributed by atoms with Gasteiger partial charge in [-0.05, 0) is 32.6 Å². The number of nitrogens with zero attached hydrogens (tertiary/aromatic N) is 3. The molecule has 0 bridgehead atoms. The number of hydrogen-bond acceptors (Lipinski definition) is 7. The zero-order valence-electron chi connectivity index (χ0n) is 13.6. The summed E-state index contributed by atoms with van der Waals surface area (Å²) in [6.45, 7) is 6.76. The van der Waals surface area contributed by atoms with E-state index in [1.807, 2.05) is 18.7 Å². The molecule has 2 aliphatic rings. The average Bonchev–Trinajstić information content (AvgIpc) is 3.10. The van der Waals surface area contributed by atoms with Gasteiger partial charge in [-0.3, -0.25) is 4.79 Å². The van der Waals surface area contributed by atoms with Crippen molar-refractivity contribution in [3.05, 3.63) is 17.6 Å². The average molecular weight is 320 g/mol. The largest absolute Gasteiger partial charge is 0.477 e. The van der Waals surface area contributed by atoms with E-state index in [0.717, 1.165) is 37.2 Å². The number of aryl methyl sites for hydroxylation is 1. The Hall–Kier alpha value is -1.77. The maximum absolute atomic E-state index is 12.3. The first-order chi connectivity index (χ1) is 11.1. The van der Waals surface area contributed by atoms with Gasteiger partial charge >= 0.3 is 0 Å². The van der Waals surface area contributed by atoms with Crippen LogP contribution >= 0.6 is 0 Å². The van der Waals surface area contributed by atoms with Crippen LogP contribution in [0.1, 0.15) is 24.1 Å². The number of hydrogen-bond donors (Lipinski definition) is 3. The Bertz CT molecular complexity index is 553. The van der Waals surface area contributed by atoms with Crippen LogP contribution in [-0.2, 0) is 4.79 Å². The van der Waals surface area contributed by atoms with Gasteiger partial charge in [0, 0.05) is 30.9 Å². The highest BCUT2D eigenvalue weighted by molar-refractivity contribution is 5.82. The molecule has 1 unspecified atom stereocenters. The van der Waals surface area contributed by atoms with Gasteiger partial charge in [-0.15, -0.1) is 0 Å². The van der Waals surface area contributed by atoms with Crippen LogP contribution in [0.4, 0.5) is 0 Å². The molecule has 2 aliphatic heterocycles. The monoisotopic (exact) mass is 320 g/mol. The number of hydrazine groups is 2. The number of piperidine rings is 1. The second kappa shape index (κ2) is 7.20. The zero-order valence-corrected chi connectivity index (χ0v) is 13.6. The Kier molecular flexibility index (Phi) is 5.04. The molecule has 23 heavy (non-hydrogen) atoms. The zero-order chi connectivity index (χ0) is 16.2. The highest BCUT2D eigenvalue weighted by Gasteiger charge is 2.30.